The number of nitrogens with zero attached hydrogens (tertiary/aromatic N) is 1. The van der Waals surface area contributed by atoms with E-state index in [1.165, 1.54) is 12.1 Å². The summed E-state index contributed by atoms with van der Waals surface area (Å²) in [5.41, 5.74) is 2.86. The van der Waals surface area contributed by atoms with Crippen LogP contribution in [0.4, 0.5) is 0 Å². The molecule has 10 nitrogen and oxygen atoms in total. The topological polar surface area (TPSA) is 154 Å². The molecule has 4 aromatic carbocycles. The number of hydrogen-bond acceptors (Lipinski definition) is 7. The largest absolute Gasteiger partial charge is 0.457 e. The molecule has 0 spiro atoms. The molecule has 6 rings (SSSR count). The zero-order valence-electron chi connectivity index (χ0n) is 22.2. The Balaban J connectivity index is 1.28. The van der Waals surface area contributed by atoms with Crippen LogP contribution in [0.15, 0.2) is 108 Å². The fourth-order valence-electron chi connectivity index (χ4n) is 4.89. The van der Waals surface area contributed by atoms with Gasteiger partial charge >= 0.3 is 0 Å². The Labute approximate surface area is 244 Å². The number of amides is 1. The van der Waals surface area contributed by atoms with Crippen LogP contribution in [0.25, 0.3) is 11.0 Å². The number of carbonyl (C=O) groups is 1. The van der Waals surface area contributed by atoms with Gasteiger partial charge in [-0.25, -0.2) is 18.1 Å². The summed E-state index contributed by atoms with van der Waals surface area (Å²) in [6, 6.07) is 29.1. The molecule has 1 saturated heterocycles. The summed E-state index contributed by atoms with van der Waals surface area (Å²) < 4.78 is 58.7. The Morgan fingerprint density at radius 3 is 2.36 bits per heavy atom. The Morgan fingerprint density at radius 2 is 1.64 bits per heavy atom. The van der Waals surface area contributed by atoms with E-state index in [1.54, 1.807) is 48.5 Å². The van der Waals surface area contributed by atoms with E-state index in [9.17, 15) is 22.3 Å². The van der Waals surface area contributed by atoms with Crippen molar-refractivity contribution >= 4 is 37.7 Å². The van der Waals surface area contributed by atoms with Crippen molar-refractivity contribution in [2.24, 2.45) is 0 Å². The number of aromatic nitrogens is 2. The number of sulfonamides is 1. The molecule has 0 saturated carbocycles. The van der Waals surface area contributed by atoms with E-state index in [1.807, 2.05) is 42.5 Å². The number of carbonyl (C=O) groups excluding carboxylic acids is 1. The Bertz CT molecular complexity index is 1810. The summed E-state index contributed by atoms with van der Waals surface area (Å²) in [6.45, 7) is 0. The standard InChI is InChI=1S/C30H28N4O6S2/c35-29-19-28(42(38,39)34-29)21-15-13-20(14-16-21)17-27(30-31-25-11-4-5-12-26(25)32-30)33-41(36,37)24-10-6-9-23(18-24)40-22-7-2-1-3-8-22/h1-16,18,27-28,33,38-39H,17,19H2,(H,31,32)(H,34,35)/t27-,28?/m0/s1. The van der Waals surface area contributed by atoms with Gasteiger partial charge in [0.15, 0.2) is 0 Å². The van der Waals surface area contributed by atoms with Gasteiger partial charge in [-0.3, -0.25) is 18.6 Å². The van der Waals surface area contributed by atoms with Crippen LogP contribution in [0.3, 0.4) is 0 Å². The molecule has 2 atom stereocenters. The fraction of sp³-hybridized carbons (Fsp3) is 0.133. The van der Waals surface area contributed by atoms with Gasteiger partial charge in [0.05, 0.1) is 28.4 Å². The van der Waals surface area contributed by atoms with Crippen molar-refractivity contribution < 1.29 is 27.1 Å². The molecule has 1 aliphatic heterocycles. The summed E-state index contributed by atoms with van der Waals surface area (Å²) in [5.74, 6) is 0.996. The zero-order valence-corrected chi connectivity index (χ0v) is 23.8. The predicted molar refractivity (Wildman–Crippen MR) is 161 cm³/mol. The van der Waals surface area contributed by atoms with Crippen LogP contribution in [-0.2, 0) is 21.2 Å². The smallest absolute Gasteiger partial charge is 0.241 e. The van der Waals surface area contributed by atoms with Gasteiger partial charge in [-0.15, -0.1) is 10.8 Å². The summed E-state index contributed by atoms with van der Waals surface area (Å²) in [4.78, 5) is 19.7. The van der Waals surface area contributed by atoms with E-state index in [2.05, 4.69) is 19.4 Å². The predicted octanol–water partition coefficient (Wildman–Crippen LogP) is 5.84. The van der Waals surface area contributed by atoms with Crippen molar-refractivity contribution in [2.45, 2.75) is 29.0 Å². The molecular formula is C30H28N4O6S2. The minimum Gasteiger partial charge on any atom is -0.457 e. The minimum atomic E-state index is -4.02. The molecule has 1 aromatic heterocycles. The third kappa shape index (κ3) is 6.03. The molecule has 12 heteroatoms. The van der Waals surface area contributed by atoms with Gasteiger partial charge in [0.25, 0.3) is 0 Å². The van der Waals surface area contributed by atoms with Gasteiger partial charge in [0, 0.05) is 6.07 Å². The van der Waals surface area contributed by atoms with Gasteiger partial charge in [-0.05, 0) is 53.9 Å². The number of rotatable bonds is 9. The van der Waals surface area contributed by atoms with Gasteiger partial charge in [-0.2, -0.15) is 0 Å². The highest BCUT2D eigenvalue weighted by Crippen LogP contribution is 2.56. The number of fused-ring (bicyclic) bond motifs is 1. The first-order valence-electron chi connectivity index (χ1n) is 13.1. The second-order valence-corrected chi connectivity index (χ2v) is 13.6. The van der Waals surface area contributed by atoms with Crippen LogP contribution in [-0.4, -0.2) is 33.4 Å². The molecule has 1 fully saturated rings. The van der Waals surface area contributed by atoms with Gasteiger partial charge in [0.1, 0.15) is 22.6 Å². The third-order valence-electron chi connectivity index (χ3n) is 6.95. The van der Waals surface area contributed by atoms with Gasteiger partial charge in [-0.1, -0.05) is 60.7 Å². The number of hydrogen-bond donors (Lipinski definition) is 5. The van der Waals surface area contributed by atoms with Crippen LogP contribution < -0.4 is 14.2 Å². The van der Waals surface area contributed by atoms with Crippen LogP contribution in [0, 0.1) is 0 Å². The molecule has 0 radical (unpaired) electrons. The number of benzene rings is 4. The third-order valence-corrected chi connectivity index (χ3v) is 10.2. The van der Waals surface area contributed by atoms with E-state index in [0.29, 0.717) is 28.4 Å². The van der Waals surface area contributed by atoms with E-state index < -0.39 is 38.0 Å². The highest BCUT2D eigenvalue weighted by atomic mass is 32.3. The monoisotopic (exact) mass is 604 g/mol. The average Bonchev–Trinajstić information content (AvgIpc) is 3.53. The molecule has 1 unspecified atom stereocenters. The molecule has 0 aliphatic carbocycles. The Morgan fingerprint density at radius 1 is 0.929 bits per heavy atom. The molecule has 1 aliphatic rings. The van der Waals surface area contributed by atoms with Gasteiger partial charge in [0.2, 0.25) is 15.9 Å². The second-order valence-electron chi connectivity index (χ2n) is 9.96. The highest BCUT2D eigenvalue weighted by molar-refractivity contribution is 8.23. The summed E-state index contributed by atoms with van der Waals surface area (Å²) in [6.07, 6.45) is 0.230. The number of para-hydroxylation sites is 3. The Hall–Kier alpha value is -4.20. The molecular weight excluding hydrogens is 576 g/mol. The van der Waals surface area contributed by atoms with Crippen LogP contribution >= 0.6 is 10.8 Å². The number of aromatic amines is 1. The number of H-pyrrole nitrogens is 1. The maximum Gasteiger partial charge on any atom is 0.241 e. The summed E-state index contributed by atoms with van der Waals surface area (Å²) >= 11 is 0. The van der Waals surface area contributed by atoms with Crippen molar-refractivity contribution in [3.63, 3.8) is 0 Å². The number of nitrogens with one attached hydrogen (secondary N) is 3. The Kier molecular flexibility index (Phi) is 7.47. The van der Waals surface area contributed by atoms with Gasteiger partial charge < -0.3 is 9.72 Å². The first kappa shape index (κ1) is 27.9. The van der Waals surface area contributed by atoms with Crippen LogP contribution in [0.5, 0.6) is 11.5 Å². The molecule has 5 aromatic rings. The van der Waals surface area contributed by atoms with Crippen LogP contribution in [0.1, 0.15) is 34.7 Å². The normalized spacial score (nSPS) is 18.0. The quantitative estimate of drug-likeness (QED) is 0.142. The summed E-state index contributed by atoms with van der Waals surface area (Å²) in [5, 5.41) is -0.742. The fourth-order valence-corrected chi connectivity index (χ4v) is 7.61. The first-order valence-corrected chi connectivity index (χ1v) is 16.2. The van der Waals surface area contributed by atoms with Crippen molar-refractivity contribution in [1.82, 2.24) is 19.4 Å². The lowest BCUT2D eigenvalue weighted by Crippen LogP contribution is -2.31. The molecule has 0 bridgehead atoms. The maximum absolute atomic E-state index is 13.7. The van der Waals surface area contributed by atoms with E-state index in [4.69, 9.17) is 4.74 Å². The lowest BCUT2D eigenvalue weighted by molar-refractivity contribution is -0.118. The minimum absolute atomic E-state index is 0.0177. The molecule has 1 amide bonds. The highest BCUT2D eigenvalue weighted by Gasteiger charge is 2.38. The van der Waals surface area contributed by atoms with Crippen molar-refractivity contribution in [2.75, 3.05) is 0 Å². The second kappa shape index (κ2) is 11.2. The lowest BCUT2D eigenvalue weighted by atomic mass is 10.0. The van der Waals surface area contributed by atoms with Crippen LogP contribution in [0.2, 0.25) is 0 Å². The molecule has 2 heterocycles. The van der Waals surface area contributed by atoms with E-state index >= 15 is 0 Å². The summed E-state index contributed by atoms with van der Waals surface area (Å²) in [7, 11) is -7.30. The first-order chi connectivity index (χ1) is 20.2. The number of ether oxygens (including phenoxy) is 1. The van der Waals surface area contributed by atoms with E-state index in [-0.39, 0.29) is 17.7 Å². The SMILES string of the molecule is O=C1CC(c2ccc(C[C@H](NS(=O)(=O)c3cccc(Oc4ccccc4)c3)c3nc4ccccc4[nH]3)cc2)S(O)(O)N1. The van der Waals surface area contributed by atoms with Crippen molar-refractivity contribution in [1.29, 1.82) is 0 Å². The molecule has 5 N–H and O–H groups in total. The maximum atomic E-state index is 13.7. The zero-order chi connectivity index (χ0) is 29.3. The lowest BCUT2D eigenvalue weighted by Gasteiger charge is -2.32. The average molecular weight is 605 g/mol. The molecule has 216 valence electrons. The van der Waals surface area contributed by atoms with E-state index in [0.717, 1.165) is 11.1 Å². The number of imidazole rings is 1. The van der Waals surface area contributed by atoms with Crippen molar-refractivity contribution in [3.05, 3.63) is 120 Å². The molecule has 42 heavy (non-hydrogen) atoms. The van der Waals surface area contributed by atoms with Crippen molar-refractivity contribution in [3.8, 4) is 11.5 Å².